The highest BCUT2D eigenvalue weighted by Gasteiger charge is 2.16. The van der Waals surface area contributed by atoms with Gasteiger partial charge in [-0.1, -0.05) is 0 Å². The number of benzene rings is 2. The second kappa shape index (κ2) is 5.40. The first-order valence-corrected chi connectivity index (χ1v) is 6.18. The Hall–Kier alpha value is -3.03. The predicted octanol–water partition coefficient (Wildman–Crippen LogP) is 3.04. The minimum Gasteiger partial charge on any atom is -0.503 e. The van der Waals surface area contributed by atoms with Crippen molar-refractivity contribution in [2.75, 3.05) is 17.4 Å². The smallest absolute Gasteiger partial charge is 0.323 e. The van der Waals surface area contributed by atoms with Gasteiger partial charge in [0, 0.05) is 23.9 Å². The zero-order valence-electron chi connectivity index (χ0n) is 11.0. The van der Waals surface area contributed by atoms with E-state index in [0.717, 1.165) is 6.07 Å². The number of aromatic hydroxyl groups is 1. The number of anilines is 2. The highest BCUT2D eigenvalue weighted by molar-refractivity contribution is 6.00. The topological polar surface area (TPSA) is 79.8 Å². The molecule has 3 rings (SSSR count). The number of carbonyl (C=O) groups is 1. The fourth-order valence-electron chi connectivity index (χ4n) is 1.92. The van der Waals surface area contributed by atoms with Gasteiger partial charge in [-0.2, -0.15) is 0 Å². The Morgan fingerprint density at radius 3 is 2.68 bits per heavy atom. The summed E-state index contributed by atoms with van der Waals surface area (Å²) in [5.74, 6) is -1.91. The molecule has 6 nitrogen and oxygen atoms in total. The van der Waals surface area contributed by atoms with Gasteiger partial charge in [0.05, 0.1) is 5.69 Å². The van der Waals surface area contributed by atoms with Gasteiger partial charge in [0.25, 0.3) is 0 Å². The molecule has 0 saturated carbocycles. The van der Waals surface area contributed by atoms with Crippen LogP contribution in [-0.2, 0) is 0 Å². The van der Waals surface area contributed by atoms with E-state index in [-0.39, 0.29) is 12.5 Å². The molecule has 22 heavy (non-hydrogen) atoms. The molecule has 1 heterocycles. The fourth-order valence-corrected chi connectivity index (χ4v) is 1.92. The molecule has 1 aliphatic rings. The maximum Gasteiger partial charge on any atom is 0.323 e. The first kappa shape index (κ1) is 13.9. The lowest BCUT2D eigenvalue weighted by atomic mass is 10.2. The van der Waals surface area contributed by atoms with Crippen molar-refractivity contribution < 1.29 is 28.2 Å². The van der Waals surface area contributed by atoms with Gasteiger partial charge < -0.3 is 25.2 Å². The van der Waals surface area contributed by atoms with Gasteiger partial charge in [0.1, 0.15) is 5.82 Å². The molecule has 2 aromatic rings. The van der Waals surface area contributed by atoms with Gasteiger partial charge in [-0.3, -0.25) is 0 Å². The zero-order valence-corrected chi connectivity index (χ0v) is 11.0. The molecule has 2 aromatic carbocycles. The molecule has 2 amide bonds. The van der Waals surface area contributed by atoms with Crippen LogP contribution in [0.4, 0.5) is 25.0 Å². The lowest BCUT2D eigenvalue weighted by Gasteiger charge is -2.10. The van der Waals surface area contributed by atoms with Crippen LogP contribution >= 0.6 is 0 Å². The summed E-state index contributed by atoms with van der Waals surface area (Å²) >= 11 is 0. The summed E-state index contributed by atoms with van der Waals surface area (Å²) in [6.07, 6.45) is 0. The van der Waals surface area contributed by atoms with Gasteiger partial charge in [-0.15, -0.1) is 0 Å². The number of fused-ring (bicyclic) bond motifs is 1. The van der Waals surface area contributed by atoms with Crippen molar-refractivity contribution in [2.45, 2.75) is 0 Å². The number of ether oxygens (including phenoxy) is 2. The summed E-state index contributed by atoms with van der Waals surface area (Å²) in [6.45, 7) is 0.0986. The lowest BCUT2D eigenvalue weighted by molar-refractivity contribution is 0.174. The minimum absolute atomic E-state index is 0.0986. The van der Waals surface area contributed by atoms with Gasteiger partial charge in [-0.05, 0) is 12.1 Å². The first-order chi connectivity index (χ1) is 10.5. The van der Waals surface area contributed by atoms with Gasteiger partial charge in [0.2, 0.25) is 6.79 Å². The fraction of sp³-hybridized carbons (Fsp3) is 0.0714. The van der Waals surface area contributed by atoms with Crippen LogP contribution in [0.2, 0.25) is 0 Å². The molecule has 0 fully saturated rings. The number of carbonyl (C=O) groups excluding carboxylic acids is 1. The zero-order chi connectivity index (χ0) is 15.7. The molecule has 0 aliphatic carbocycles. The van der Waals surface area contributed by atoms with Crippen molar-refractivity contribution in [3.63, 3.8) is 0 Å². The quantitative estimate of drug-likeness (QED) is 0.745. The van der Waals surface area contributed by atoms with E-state index in [1.165, 1.54) is 6.07 Å². The number of amides is 2. The SMILES string of the molecule is O=C(Nc1ccc2c(c1)OCO2)Nc1cc(F)cc(F)c1O. The van der Waals surface area contributed by atoms with Crippen LogP contribution in [0.15, 0.2) is 30.3 Å². The van der Waals surface area contributed by atoms with Crippen molar-refractivity contribution in [2.24, 2.45) is 0 Å². The predicted molar refractivity (Wildman–Crippen MR) is 73.2 cm³/mol. The average Bonchev–Trinajstić information content (AvgIpc) is 2.91. The molecule has 0 atom stereocenters. The highest BCUT2D eigenvalue weighted by atomic mass is 19.1. The molecule has 0 bridgehead atoms. The highest BCUT2D eigenvalue weighted by Crippen LogP contribution is 2.34. The van der Waals surface area contributed by atoms with Crippen LogP contribution in [-0.4, -0.2) is 17.9 Å². The van der Waals surface area contributed by atoms with Gasteiger partial charge in [0.15, 0.2) is 23.1 Å². The second-order valence-electron chi connectivity index (χ2n) is 4.43. The number of halogens is 2. The van der Waals surface area contributed by atoms with Crippen LogP contribution in [0.3, 0.4) is 0 Å². The Balaban J connectivity index is 1.73. The third-order valence-corrected chi connectivity index (χ3v) is 2.91. The van der Waals surface area contributed by atoms with Crippen LogP contribution in [0, 0.1) is 11.6 Å². The van der Waals surface area contributed by atoms with E-state index in [0.29, 0.717) is 23.3 Å². The molecule has 114 valence electrons. The van der Waals surface area contributed by atoms with E-state index in [1.54, 1.807) is 12.1 Å². The molecule has 8 heteroatoms. The normalized spacial score (nSPS) is 12.1. The molecule has 0 spiro atoms. The summed E-state index contributed by atoms with van der Waals surface area (Å²) < 4.78 is 36.5. The van der Waals surface area contributed by atoms with Crippen LogP contribution in [0.25, 0.3) is 0 Å². The van der Waals surface area contributed by atoms with Gasteiger partial charge >= 0.3 is 6.03 Å². The molecule has 3 N–H and O–H groups in total. The van der Waals surface area contributed by atoms with Crippen molar-refractivity contribution in [3.05, 3.63) is 42.0 Å². The number of hydrogen-bond donors (Lipinski definition) is 3. The van der Waals surface area contributed by atoms with Crippen LogP contribution in [0.1, 0.15) is 0 Å². The minimum atomic E-state index is -1.17. The third kappa shape index (κ3) is 2.71. The second-order valence-corrected chi connectivity index (χ2v) is 4.43. The molecule has 0 aromatic heterocycles. The average molecular weight is 308 g/mol. The molecule has 0 unspecified atom stereocenters. The van der Waals surface area contributed by atoms with E-state index in [9.17, 15) is 18.7 Å². The van der Waals surface area contributed by atoms with E-state index in [2.05, 4.69) is 10.6 Å². The van der Waals surface area contributed by atoms with Crippen LogP contribution in [0.5, 0.6) is 17.2 Å². The van der Waals surface area contributed by atoms with Crippen molar-refractivity contribution in [1.82, 2.24) is 0 Å². The van der Waals surface area contributed by atoms with Crippen molar-refractivity contribution in [1.29, 1.82) is 0 Å². The summed E-state index contributed by atoms with van der Waals surface area (Å²) in [6, 6.07) is 5.25. The summed E-state index contributed by atoms with van der Waals surface area (Å²) in [7, 11) is 0. The van der Waals surface area contributed by atoms with Crippen molar-refractivity contribution in [3.8, 4) is 17.2 Å². The van der Waals surface area contributed by atoms with E-state index >= 15 is 0 Å². The number of rotatable bonds is 2. The largest absolute Gasteiger partial charge is 0.503 e. The Bertz CT molecular complexity index is 752. The maximum atomic E-state index is 13.2. The maximum absolute atomic E-state index is 13.2. The summed E-state index contributed by atoms with van der Waals surface area (Å²) in [4.78, 5) is 11.8. The summed E-state index contributed by atoms with van der Waals surface area (Å²) in [5.41, 5.74) is 0.00820. The van der Waals surface area contributed by atoms with Crippen LogP contribution < -0.4 is 20.1 Å². The first-order valence-electron chi connectivity index (χ1n) is 6.18. The number of phenols is 1. The molecule has 0 radical (unpaired) electrons. The summed E-state index contributed by atoms with van der Waals surface area (Å²) in [5, 5.41) is 14.0. The number of nitrogens with one attached hydrogen (secondary N) is 2. The van der Waals surface area contributed by atoms with Gasteiger partial charge in [-0.25, -0.2) is 13.6 Å². The number of hydrogen-bond acceptors (Lipinski definition) is 4. The Morgan fingerprint density at radius 2 is 1.86 bits per heavy atom. The van der Waals surface area contributed by atoms with E-state index in [4.69, 9.17) is 9.47 Å². The molecule has 1 aliphatic heterocycles. The molecular formula is C14H10F2N2O4. The van der Waals surface area contributed by atoms with E-state index < -0.39 is 23.4 Å². The van der Waals surface area contributed by atoms with E-state index in [1.807, 2.05) is 0 Å². The lowest BCUT2D eigenvalue weighted by Crippen LogP contribution is -2.19. The monoisotopic (exact) mass is 308 g/mol. The molecular weight excluding hydrogens is 298 g/mol. The standard InChI is InChI=1S/C14H10F2N2O4/c15-7-3-9(16)13(19)10(4-7)18-14(20)17-8-1-2-11-12(5-8)22-6-21-11/h1-5,19H,6H2,(H2,17,18,20). The number of phenolic OH excluding ortho intramolecular Hbond substituents is 1. The third-order valence-electron chi connectivity index (χ3n) is 2.91. The van der Waals surface area contributed by atoms with Crippen molar-refractivity contribution >= 4 is 17.4 Å². The Kier molecular flexibility index (Phi) is 3.42. The molecule has 0 saturated heterocycles. The Labute approximate surface area is 123 Å². The Morgan fingerprint density at radius 1 is 1.09 bits per heavy atom. The number of urea groups is 1.